The van der Waals surface area contributed by atoms with Crippen LogP contribution in [-0.2, 0) is 4.79 Å². The number of anilines is 2. The number of carbonyl (C=O) groups is 1. The summed E-state index contributed by atoms with van der Waals surface area (Å²) in [6.45, 7) is 0.168. The minimum atomic E-state index is -0.140. The quantitative estimate of drug-likeness (QED) is 0.740. The van der Waals surface area contributed by atoms with Gasteiger partial charge in [0.05, 0.1) is 6.54 Å². The first-order chi connectivity index (χ1) is 9.54. The number of halogens is 3. The highest BCUT2D eigenvalue weighted by molar-refractivity contribution is 9.11. The van der Waals surface area contributed by atoms with Crippen LogP contribution in [0.3, 0.4) is 0 Å². The molecule has 3 nitrogen and oxygen atoms in total. The highest BCUT2D eigenvalue weighted by Crippen LogP contribution is 2.26. The van der Waals surface area contributed by atoms with Crippen LogP contribution >= 0.6 is 43.5 Å². The van der Waals surface area contributed by atoms with Gasteiger partial charge in [-0.1, -0.05) is 33.6 Å². The zero-order chi connectivity index (χ0) is 14.5. The van der Waals surface area contributed by atoms with Crippen molar-refractivity contribution in [1.82, 2.24) is 0 Å². The van der Waals surface area contributed by atoms with Gasteiger partial charge in [-0.05, 0) is 52.3 Å². The maximum atomic E-state index is 11.8. The lowest BCUT2D eigenvalue weighted by Gasteiger charge is -2.10. The molecule has 0 aliphatic heterocycles. The molecule has 0 atom stereocenters. The van der Waals surface area contributed by atoms with Crippen LogP contribution in [0.1, 0.15) is 0 Å². The Balaban J connectivity index is 1.94. The van der Waals surface area contributed by atoms with E-state index in [1.165, 1.54) is 0 Å². The van der Waals surface area contributed by atoms with E-state index in [-0.39, 0.29) is 12.5 Å². The highest BCUT2D eigenvalue weighted by atomic mass is 79.9. The number of rotatable bonds is 4. The summed E-state index contributed by atoms with van der Waals surface area (Å²) < 4.78 is 1.84. The molecule has 1 amide bonds. The molecule has 0 unspecified atom stereocenters. The van der Waals surface area contributed by atoms with Crippen molar-refractivity contribution in [3.8, 4) is 0 Å². The topological polar surface area (TPSA) is 41.1 Å². The van der Waals surface area contributed by atoms with E-state index in [0.29, 0.717) is 10.7 Å². The summed E-state index contributed by atoms with van der Waals surface area (Å²) in [5.74, 6) is -0.140. The van der Waals surface area contributed by atoms with Gasteiger partial charge < -0.3 is 10.6 Å². The Morgan fingerprint density at radius 2 is 1.95 bits per heavy atom. The van der Waals surface area contributed by atoms with Crippen molar-refractivity contribution in [2.75, 3.05) is 17.2 Å². The van der Waals surface area contributed by atoms with Crippen LogP contribution in [0.25, 0.3) is 0 Å². The average Bonchev–Trinajstić information content (AvgIpc) is 2.40. The molecule has 0 fully saturated rings. The highest BCUT2D eigenvalue weighted by Gasteiger charge is 2.05. The summed E-state index contributed by atoms with van der Waals surface area (Å²) in [7, 11) is 0. The molecule has 0 radical (unpaired) electrons. The summed E-state index contributed by atoms with van der Waals surface area (Å²) in [4.78, 5) is 11.8. The Hall–Kier alpha value is -1.04. The molecule has 2 rings (SSSR count). The standard InChI is InChI=1S/C14H11Br2ClN2O/c15-9-4-5-12(16)13(6-9)18-8-14(20)19-11-3-1-2-10(17)7-11/h1-7,18H,8H2,(H,19,20). The lowest BCUT2D eigenvalue weighted by molar-refractivity contribution is -0.114. The average molecular weight is 419 g/mol. The summed E-state index contributed by atoms with van der Waals surface area (Å²) in [6.07, 6.45) is 0. The van der Waals surface area contributed by atoms with Crippen LogP contribution in [0, 0.1) is 0 Å². The van der Waals surface area contributed by atoms with Gasteiger partial charge in [0, 0.05) is 25.3 Å². The van der Waals surface area contributed by atoms with Crippen molar-refractivity contribution >= 4 is 60.7 Å². The zero-order valence-corrected chi connectivity index (χ0v) is 14.2. The monoisotopic (exact) mass is 416 g/mol. The SMILES string of the molecule is O=C(CNc1cc(Br)ccc1Br)Nc1cccc(Cl)c1. The van der Waals surface area contributed by atoms with E-state index < -0.39 is 0 Å². The molecule has 104 valence electrons. The molecule has 0 aliphatic carbocycles. The number of carbonyl (C=O) groups excluding carboxylic acids is 1. The van der Waals surface area contributed by atoms with Crippen LogP contribution in [0.15, 0.2) is 51.4 Å². The van der Waals surface area contributed by atoms with E-state index >= 15 is 0 Å². The Kier molecular flexibility index (Phi) is 5.46. The molecule has 0 spiro atoms. The predicted octanol–water partition coefficient (Wildman–Crippen LogP) is 4.92. The molecular formula is C14H11Br2ClN2O. The van der Waals surface area contributed by atoms with Gasteiger partial charge in [0.25, 0.3) is 0 Å². The summed E-state index contributed by atoms with van der Waals surface area (Å²) in [5.41, 5.74) is 1.53. The minimum absolute atomic E-state index is 0.140. The lowest BCUT2D eigenvalue weighted by Crippen LogP contribution is -2.21. The summed E-state index contributed by atoms with van der Waals surface area (Å²) in [5, 5.41) is 6.43. The lowest BCUT2D eigenvalue weighted by atomic mass is 10.3. The second-order valence-electron chi connectivity index (χ2n) is 4.04. The molecule has 2 N–H and O–H groups in total. The van der Waals surface area contributed by atoms with Gasteiger partial charge in [0.15, 0.2) is 0 Å². The molecule has 0 aromatic heterocycles. The van der Waals surface area contributed by atoms with Crippen molar-refractivity contribution in [1.29, 1.82) is 0 Å². The van der Waals surface area contributed by atoms with E-state index in [1.807, 2.05) is 18.2 Å². The fourth-order valence-electron chi connectivity index (χ4n) is 1.58. The number of hydrogen-bond donors (Lipinski definition) is 2. The molecule has 0 bridgehead atoms. The third-order valence-electron chi connectivity index (χ3n) is 2.48. The number of benzene rings is 2. The van der Waals surface area contributed by atoms with E-state index in [9.17, 15) is 4.79 Å². The van der Waals surface area contributed by atoms with Crippen LogP contribution in [0.2, 0.25) is 5.02 Å². The maximum Gasteiger partial charge on any atom is 0.243 e. The van der Waals surface area contributed by atoms with Gasteiger partial charge in [-0.15, -0.1) is 0 Å². The third-order valence-corrected chi connectivity index (χ3v) is 3.90. The second kappa shape index (κ2) is 7.11. The molecule has 2 aromatic rings. The normalized spacial score (nSPS) is 10.2. The van der Waals surface area contributed by atoms with E-state index in [2.05, 4.69) is 42.5 Å². The fraction of sp³-hybridized carbons (Fsp3) is 0.0714. The van der Waals surface area contributed by atoms with Crippen molar-refractivity contribution in [2.24, 2.45) is 0 Å². The fourth-order valence-corrected chi connectivity index (χ4v) is 2.52. The zero-order valence-electron chi connectivity index (χ0n) is 10.3. The van der Waals surface area contributed by atoms with Crippen molar-refractivity contribution < 1.29 is 4.79 Å². The Labute approximate surface area is 139 Å². The van der Waals surface area contributed by atoms with Crippen molar-refractivity contribution in [3.05, 3.63) is 56.4 Å². The van der Waals surface area contributed by atoms with E-state index in [1.54, 1.807) is 24.3 Å². The van der Waals surface area contributed by atoms with Gasteiger partial charge in [-0.2, -0.15) is 0 Å². The second-order valence-corrected chi connectivity index (χ2v) is 6.24. The molecule has 20 heavy (non-hydrogen) atoms. The molecule has 0 heterocycles. The molecule has 0 aliphatic rings. The molecular weight excluding hydrogens is 407 g/mol. The van der Waals surface area contributed by atoms with E-state index in [0.717, 1.165) is 14.6 Å². The largest absolute Gasteiger partial charge is 0.375 e. The third kappa shape index (κ3) is 4.51. The maximum absolute atomic E-state index is 11.8. The van der Waals surface area contributed by atoms with Crippen LogP contribution < -0.4 is 10.6 Å². The first kappa shape index (κ1) is 15.4. The first-order valence-corrected chi connectivity index (χ1v) is 7.75. The molecule has 6 heteroatoms. The van der Waals surface area contributed by atoms with Gasteiger partial charge in [-0.25, -0.2) is 0 Å². The number of nitrogens with one attached hydrogen (secondary N) is 2. The summed E-state index contributed by atoms with van der Waals surface area (Å²) in [6, 6.07) is 12.8. The number of amides is 1. The van der Waals surface area contributed by atoms with Crippen LogP contribution in [0.4, 0.5) is 11.4 Å². The van der Waals surface area contributed by atoms with Gasteiger partial charge in [-0.3, -0.25) is 4.79 Å². The van der Waals surface area contributed by atoms with Gasteiger partial charge >= 0.3 is 0 Å². The van der Waals surface area contributed by atoms with Crippen molar-refractivity contribution in [3.63, 3.8) is 0 Å². The van der Waals surface area contributed by atoms with Gasteiger partial charge in [0.1, 0.15) is 0 Å². The predicted molar refractivity (Wildman–Crippen MR) is 90.4 cm³/mol. The first-order valence-electron chi connectivity index (χ1n) is 5.79. The molecule has 0 saturated heterocycles. The smallest absolute Gasteiger partial charge is 0.243 e. The van der Waals surface area contributed by atoms with Crippen LogP contribution in [0.5, 0.6) is 0 Å². The van der Waals surface area contributed by atoms with Crippen LogP contribution in [-0.4, -0.2) is 12.5 Å². The van der Waals surface area contributed by atoms with Gasteiger partial charge in [0.2, 0.25) is 5.91 Å². The molecule has 0 saturated carbocycles. The Morgan fingerprint density at radius 1 is 1.15 bits per heavy atom. The minimum Gasteiger partial charge on any atom is -0.375 e. The Bertz CT molecular complexity index is 634. The van der Waals surface area contributed by atoms with Crippen molar-refractivity contribution in [2.45, 2.75) is 0 Å². The number of hydrogen-bond acceptors (Lipinski definition) is 2. The van der Waals surface area contributed by atoms with E-state index in [4.69, 9.17) is 11.6 Å². The Morgan fingerprint density at radius 3 is 2.70 bits per heavy atom. The molecule has 2 aromatic carbocycles. The summed E-state index contributed by atoms with van der Waals surface area (Å²) >= 11 is 12.7.